The zero-order valence-corrected chi connectivity index (χ0v) is 19.4. The number of ether oxygens (including phenoxy) is 2. The average Bonchev–Trinajstić information content (AvgIpc) is 2.80. The Labute approximate surface area is 199 Å². The van der Waals surface area contributed by atoms with Crippen molar-refractivity contribution in [2.45, 2.75) is 33.7 Å². The average molecular weight is 480 g/mol. The Balaban J connectivity index is 2.10. The molecule has 0 aliphatic rings. The van der Waals surface area contributed by atoms with Gasteiger partial charge >= 0.3 is 17.6 Å². The van der Waals surface area contributed by atoms with E-state index in [9.17, 15) is 24.0 Å². The van der Waals surface area contributed by atoms with E-state index in [4.69, 9.17) is 15.2 Å². The molecule has 0 spiro atoms. The summed E-state index contributed by atoms with van der Waals surface area (Å²) in [4.78, 5) is 61.9. The minimum Gasteiger partial charge on any atom is -0.423 e. The fourth-order valence-corrected chi connectivity index (χ4v) is 3.34. The van der Waals surface area contributed by atoms with Crippen LogP contribution in [0.3, 0.4) is 0 Å². The predicted octanol–water partition coefficient (Wildman–Crippen LogP) is 2.09. The number of esters is 2. The van der Waals surface area contributed by atoms with Gasteiger partial charge in [-0.1, -0.05) is 25.1 Å². The number of rotatable bonds is 7. The third kappa shape index (κ3) is 5.46. The van der Waals surface area contributed by atoms with E-state index in [1.807, 2.05) is 0 Å². The number of aromatic nitrogens is 2. The number of carbonyl (C=O) groups is 3. The normalized spacial score (nSPS) is 10.5. The van der Waals surface area contributed by atoms with Gasteiger partial charge in [-0.05, 0) is 36.8 Å². The number of nitrogens with one attached hydrogen (secondary N) is 1. The maximum absolute atomic E-state index is 13.1. The molecular formula is C24H24N4O7. The molecule has 0 bridgehead atoms. The highest BCUT2D eigenvalue weighted by molar-refractivity contribution is 6.06. The molecule has 182 valence electrons. The third-order valence-electron chi connectivity index (χ3n) is 4.79. The molecule has 3 rings (SSSR count). The Kier molecular flexibility index (Phi) is 7.49. The topological polar surface area (TPSA) is 152 Å². The second kappa shape index (κ2) is 10.5. The first-order valence-electron chi connectivity index (χ1n) is 10.7. The summed E-state index contributed by atoms with van der Waals surface area (Å²) in [5, 5.41) is 2.47. The molecule has 0 unspecified atom stereocenters. The van der Waals surface area contributed by atoms with Gasteiger partial charge in [-0.25, -0.2) is 9.36 Å². The minimum atomic E-state index is -0.766. The van der Waals surface area contributed by atoms with Crippen LogP contribution in [0.4, 0.5) is 11.5 Å². The lowest BCUT2D eigenvalue weighted by Crippen LogP contribution is -2.42. The maximum Gasteiger partial charge on any atom is 0.337 e. The van der Waals surface area contributed by atoms with Gasteiger partial charge in [0, 0.05) is 26.0 Å². The van der Waals surface area contributed by atoms with Crippen LogP contribution >= 0.6 is 0 Å². The summed E-state index contributed by atoms with van der Waals surface area (Å²) >= 11 is 0. The highest BCUT2D eigenvalue weighted by Gasteiger charge is 2.21. The van der Waals surface area contributed by atoms with E-state index in [-0.39, 0.29) is 35.1 Å². The summed E-state index contributed by atoms with van der Waals surface area (Å²) in [5.41, 5.74) is 4.91. The van der Waals surface area contributed by atoms with Gasteiger partial charge in [-0.2, -0.15) is 0 Å². The zero-order chi connectivity index (χ0) is 25.7. The van der Waals surface area contributed by atoms with Crippen molar-refractivity contribution in [2.24, 2.45) is 0 Å². The van der Waals surface area contributed by atoms with E-state index in [2.05, 4.69) is 5.32 Å². The summed E-state index contributed by atoms with van der Waals surface area (Å²) < 4.78 is 12.2. The molecule has 1 amide bonds. The molecule has 3 aromatic rings. The van der Waals surface area contributed by atoms with Crippen molar-refractivity contribution in [1.29, 1.82) is 0 Å². The minimum absolute atomic E-state index is 0.0181. The quantitative estimate of drug-likeness (QED) is 0.385. The first-order chi connectivity index (χ1) is 16.6. The van der Waals surface area contributed by atoms with Crippen LogP contribution < -0.4 is 31.8 Å². The molecule has 1 heterocycles. The fraction of sp³-hybridized carbons (Fsp3) is 0.208. The molecule has 11 nitrogen and oxygen atoms in total. The van der Waals surface area contributed by atoms with Crippen molar-refractivity contribution in [3.05, 3.63) is 74.9 Å². The molecule has 0 fully saturated rings. The number of hydrogen-bond donors (Lipinski definition) is 2. The van der Waals surface area contributed by atoms with Crippen molar-refractivity contribution in [2.75, 3.05) is 11.1 Å². The van der Waals surface area contributed by atoms with Crippen molar-refractivity contribution >= 4 is 29.4 Å². The van der Waals surface area contributed by atoms with Gasteiger partial charge in [0.15, 0.2) is 11.5 Å². The number of anilines is 2. The van der Waals surface area contributed by atoms with E-state index >= 15 is 0 Å². The Morgan fingerprint density at radius 1 is 0.943 bits per heavy atom. The summed E-state index contributed by atoms with van der Waals surface area (Å²) in [7, 11) is 0. The molecule has 0 radical (unpaired) electrons. The van der Waals surface area contributed by atoms with Crippen LogP contribution in [0, 0.1) is 0 Å². The van der Waals surface area contributed by atoms with Crippen LogP contribution in [-0.4, -0.2) is 27.0 Å². The number of nitrogen functional groups attached to an aromatic ring is 1. The number of amides is 1. The summed E-state index contributed by atoms with van der Waals surface area (Å²) in [5.74, 6) is -2.58. The third-order valence-corrected chi connectivity index (χ3v) is 4.79. The Bertz CT molecular complexity index is 1410. The summed E-state index contributed by atoms with van der Waals surface area (Å²) in [6.45, 7) is 4.23. The highest BCUT2D eigenvalue weighted by atomic mass is 16.6. The van der Waals surface area contributed by atoms with Gasteiger partial charge in [0.1, 0.15) is 11.5 Å². The van der Waals surface area contributed by atoms with Crippen molar-refractivity contribution < 1.29 is 23.9 Å². The molecule has 2 aromatic carbocycles. The van der Waals surface area contributed by atoms with Crippen LogP contribution in [-0.2, 0) is 16.1 Å². The van der Waals surface area contributed by atoms with Crippen LogP contribution in [0.15, 0.2) is 58.1 Å². The highest BCUT2D eigenvalue weighted by Crippen LogP contribution is 2.29. The number of carbonyl (C=O) groups excluding carboxylic acids is 3. The lowest BCUT2D eigenvalue weighted by Gasteiger charge is -2.17. The molecule has 11 heteroatoms. The molecule has 1 aromatic heterocycles. The molecule has 0 aliphatic heterocycles. The van der Waals surface area contributed by atoms with E-state index in [1.54, 1.807) is 37.3 Å². The van der Waals surface area contributed by atoms with E-state index < -0.39 is 29.1 Å². The number of nitrogens with zero attached hydrogens (tertiary/aromatic N) is 2. The van der Waals surface area contributed by atoms with Gasteiger partial charge in [-0.15, -0.1) is 0 Å². The van der Waals surface area contributed by atoms with E-state index in [0.29, 0.717) is 12.1 Å². The van der Waals surface area contributed by atoms with Crippen molar-refractivity contribution in [3.8, 4) is 17.2 Å². The summed E-state index contributed by atoms with van der Waals surface area (Å²) in [6.07, 6.45) is 0.491. The van der Waals surface area contributed by atoms with Gasteiger partial charge in [0.05, 0.1) is 5.69 Å². The first-order valence-corrected chi connectivity index (χ1v) is 10.7. The number of nitrogens with two attached hydrogens (primary N) is 1. The molecule has 0 atom stereocenters. The number of benzene rings is 2. The first kappa shape index (κ1) is 25.0. The van der Waals surface area contributed by atoms with Gasteiger partial charge in [0.25, 0.3) is 11.5 Å². The monoisotopic (exact) mass is 480 g/mol. The van der Waals surface area contributed by atoms with Gasteiger partial charge < -0.3 is 20.5 Å². The molecule has 0 saturated carbocycles. The van der Waals surface area contributed by atoms with Gasteiger partial charge in [0.2, 0.25) is 0 Å². The SMILES string of the molecule is CCCn1c(=O)c(NC(=O)c2ccc(OC(C)=O)c(OC(C)=O)c2)c(N)n(-c2ccccc2)c1=O. The van der Waals surface area contributed by atoms with Crippen LogP contribution in [0.2, 0.25) is 0 Å². The Morgan fingerprint density at radius 2 is 1.57 bits per heavy atom. The fourth-order valence-electron chi connectivity index (χ4n) is 3.34. The second-order valence-corrected chi connectivity index (χ2v) is 7.47. The molecule has 0 saturated heterocycles. The standard InChI is InChI=1S/C24H24N4O7/c1-4-12-27-23(32)20(21(25)28(24(27)33)17-8-6-5-7-9-17)26-22(31)16-10-11-18(34-14(2)29)19(13-16)35-15(3)30/h5-11,13H,4,12,25H2,1-3H3,(H,26,31). The number of para-hydroxylation sites is 1. The Morgan fingerprint density at radius 3 is 2.17 bits per heavy atom. The lowest BCUT2D eigenvalue weighted by atomic mass is 10.2. The predicted molar refractivity (Wildman–Crippen MR) is 128 cm³/mol. The maximum atomic E-state index is 13.1. The summed E-state index contributed by atoms with van der Waals surface area (Å²) in [6, 6.07) is 12.2. The van der Waals surface area contributed by atoms with Crippen LogP contribution in [0.25, 0.3) is 5.69 Å². The van der Waals surface area contributed by atoms with Crippen LogP contribution in [0.5, 0.6) is 11.5 Å². The van der Waals surface area contributed by atoms with Crippen LogP contribution in [0.1, 0.15) is 37.6 Å². The zero-order valence-electron chi connectivity index (χ0n) is 19.4. The van der Waals surface area contributed by atoms with Crippen molar-refractivity contribution in [3.63, 3.8) is 0 Å². The van der Waals surface area contributed by atoms with E-state index in [0.717, 1.165) is 16.1 Å². The van der Waals surface area contributed by atoms with Gasteiger partial charge in [-0.3, -0.25) is 23.7 Å². The Hall–Kier alpha value is -4.67. The second-order valence-electron chi connectivity index (χ2n) is 7.47. The smallest absolute Gasteiger partial charge is 0.337 e. The molecule has 35 heavy (non-hydrogen) atoms. The molecular weight excluding hydrogens is 456 g/mol. The van der Waals surface area contributed by atoms with E-state index in [1.165, 1.54) is 25.1 Å². The molecule has 3 N–H and O–H groups in total. The number of hydrogen-bond acceptors (Lipinski definition) is 8. The lowest BCUT2D eigenvalue weighted by molar-refractivity contribution is -0.134. The van der Waals surface area contributed by atoms with Crippen molar-refractivity contribution in [1.82, 2.24) is 9.13 Å². The molecule has 0 aliphatic carbocycles. The largest absolute Gasteiger partial charge is 0.423 e.